The Kier molecular flexibility index (Phi) is 9.21. The van der Waals surface area contributed by atoms with Gasteiger partial charge in [-0.15, -0.1) is 11.8 Å². The zero-order valence-electron chi connectivity index (χ0n) is 22.1. The van der Waals surface area contributed by atoms with Crippen molar-refractivity contribution in [2.45, 2.75) is 101 Å². The van der Waals surface area contributed by atoms with Gasteiger partial charge in [-0.2, -0.15) is 0 Å². The molecule has 1 amide bonds. The van der Waals surface area contributed by atoms with Gasteiger partial charge in [0.25, 0.3) is 0 Å². The molecule has 1 aromatic carbocycles. The molecule has 0 saturated carbocycles. The number of amides is 1. The van der Waals surface area contributed by atoms with Crippen molar-refractivity contribution in [3.8, 4) is 0 Å². The van der Waals surface area contributed by atoms with E-state index < -0.39 is 25.8 Å². The van der Waals surface area contributed by atoms with Crippen LogP contribution in [0.5, 0.6) is 0 Å². The van der Waals surface area contributed by atoms with Gasteiger partial charge >= 0.3 is 5.97 Å². The second-order valence-corrected chi connectivity index (χ2v) is 17.6. The first-order chi connectivity index (χ1) is 15.6. The number of ether oxygens (including phenoxy) is 1. The van der Waals surface area contributed by atoms with E-state index in [-0.39, 0.29) is 41.3 Å². The Balaban J connectivity index is 2.34. The minimum atomic E-state index is -2.12. The Labute approximate surface area is 210 Å². The molecule has 2 rings (SSSR count). The van der Waals surface area contributed by atoms with Crippen LogP contribution in [-0.4, -0.2) is 60.9 Å². The average Bonchev–Trinajstić information content (AvgIpc) is 2.68. The van der Waals surface area contributed by atoms with Crippen LogP contribution in [0.25, 0.3) is 0 Å². The van der Waals surface area contributed by atoms with E-state index in [1.807, 2.05) is 37.3 Å². The van der Waals surface area contributed by atoms with Gasteiger partial charge < -0.3 is 18.9 Å². The van der Waals surface area contributed by atoms with Crippen LogP contribution in [0, 0.1) is 5.92 Å². The van der Waals surface area contributed by atoms with Crippen LogP contribution in [0.3, 0.4) is 0 Å². The Morgan fingerprint density at radius 3 is 2.24 bits per heavy atom. The molecule has 0 spiro atoms. The van der Waals surface area contributed by atoms with Gasteiger partial charge in [0, 0.05) is 16.6 Å². The van der Waals surface area contributed by atoms with Crippen molar-refractivity contribution in [2.24, 2.45) is 5.92 Å². The molecular formula is C26H41NO5SSi. The number of carbonyl (C=O) groups excluding carboxylic acids is 3. The van der Waals surface area contributed by atoms with Crippen LogP contribution in [0.4, 0.5) is 0 Å². The summed E-state index contributed by atoms with van der Waals surface area (Å²) in [6.07, 6.45) is 0.843. The molecule has 34 heavy (non-hydrogen) atoms. The highest BCUT2D eigenvalue weighted by atomic mass is 32.2. The van der Waals surface area contributed by atoms with Crippen LogP contribution in [-0.2, 0) is 23.5 Å². The van der Waals surface area contributed by atoms with Crippen molar-refractivity contribution in [3.63, 3.8) is 0 Å². The molecule has 4 atom stereocenters. The molecule has 1 saturated heterocycles. The van der Waals surface area contributed by atoms with Crippen molar-refractivity contribution in [1.82, 2.24) is 4.90 Å². The molecule has 1 aliphatic rings. The molecule has 1 aromatic rings. The molecule has 0 N–H and O–H groups in total. The fourth-order valence-corrected chi connectivity index (χ4v) is 6.67. The zero-order chi connectivity index (χ0) is 25.9. The number of aldehydes is 1. The lowest BCUT2D eigenvalue weighted by atomic mass is 9.80. The molecule has 190 valence electrons. The van der Waals surface area contributed by atoms with Crippen molar-refractivity contribution in [3.05, 3.63) is 30.3 Å². The van der Waals surface area contributed by atoms with Crippen molar-refractivity contribution < 1.29 is 23.5 Å². The summed E-state index contributed by atoms with van der Waals surface area (Å²) in [6.45, 7) is 18.1. The smallest absolute Gasteiger partial charge is 0.326 e. The predicted molar refractivity (Wildman–Crippen MR) is 139 cm³/mol. The van der Waals surface area contributed by atoms with Crippen LogP contribution in [0.2, 0.25) is 18.1 Å². The minimum absolute atomic E-state index is 0.000733. The average molecular weight is 508 g/mol. The molecule has 1 aliphatic heterocycles. The number of benzene rings is 1. The number of β-lactam (4-membered cyclic amide) rings is 1. The highest BCUT2D eigenvalue weighted by molar-refractivity contribution is 8.00. The summed E-state index contributed by atoms with van der Waals surface area (Å²) in [7, 11) is -2.12. The van der Waals surface area contributed by atoms with E-state index in [4.69, 9.17) is 9.16 Å². The quantitative estimate of drug-likeness (QED) is 0.140. The number of thioether (sulfide) groups is 1. The molecule has 1 fully saturated rings. The summed E-state index contributed by atoms with van der Waals surface area (Å²) in [5, 5.41) is -0.198. The normalized spacial score (nSPS) is 21.0. The summed E-state index contributed by atoms with van der Waals surface area (Å²) in [5.74, 6) is -0.985. The topological polar surface area (TPSA) is 72.9 Å². The first kappa shape index (κ1) is 28.6. The Morgan fingerprint density at radius 2 is 1.74 bits per heavy atom. The zero-order valence-corrected chi connectivity index (χ0v) is 23.9. The number of hydrogen-bond donors (Lipinski definition) is 0. The Morgan fingerprint density at radius 1 is 1.15 bits per heavy atom. The lowest BCUT2D eigenvalue weighted by molar-refractivity contribution is -0.174. The second kappa shape index (κ2) is 11.0. The number of rotatable bonds is 10. The summed E-state index contributed by atoms with van der Waals surface area (Å²) in [6, 6.07) is 9.52. The van der Waals surface area contributed by atoms with Crippen molar-refractivity contribution >= 4 is 38.2 Å². The van der Waals surface area contributed by atoms with Gasteiger partial charge in [0.15, 0.2) is 8.32 Å². The van der Waals surface area contributed by atoms with Gasteiger partial charge in [0.05, 0.1) is 18.1 Å². The lowest BCUT2D eigenvalue weighted by Crippen LogP contribution is -2.69. The van der Waals surface area contributed by atoms with Gasteiger partial charge in [0.2, 0.25) is 5.91 Å². The third-order valence-electron chi connectivity index (χ3n) is 6.55. The van der Waals surface area contributed by atoms with Gasteiger partial charge in [-0.05, 0) is 58.0 Å². The highest BCUT2D eigenvalue weighted by Crippen LogP contribution is 2.44. The van der Waals surface area contributed by atoms with E-state index in [1.54, 1.807) is 37.4 Å². The fraction of sp³-hybridized carbons (Fsp3) is 0.654. The number of carbonyl (C=O) groups is 3. The number of nitrogens with zero attached hydrogens (tertiary/aromatic N) is 1. The molecule has 0 bridgehead atoms. The van der Waals surface area contributed by atoms with Crippen LogP contribution in [0.1, 0.15) is 54.9 Å². The predicted octanol–water partition coefficient (Wildman–Crippen LogP) is 5.32. The molecular weight excluding hydrogens is 466 g/mol. The molecule has 0 aromatic heterocycles. The molecule has 0 unspecified atom stereocenters. The number of esters is 1. The largest absolute Gasteiger partial charge is 0.459 e. The number of hydrogen-bond acceptors (Lipinski definition) is 6. The molecule has 8 heteroatoms. The van der Waals surface area contributed by atoms with Gasteiger partial charge in [-0.3, -0.25) is 9.59 Å². The first-order valence-electron chi connectivity index (χ1n) is 11.9. The van der Waals surface area contributed by atoms with E-state index >= 15 is 0 Å². The summed E-state index contributed by atoms with van der Waals surface area (Å²) in [5.41, 5.74) is -0.639. The molecule has 0 radical (unpaired) electrons. The van der Waals surface area contributed by atoms with E-state index in [0.29, 0.717) is 0 Å². The third-order valence-corrected chi connectivity index (χ3v) is 12.4. The van der Waals surface area contributed by atoms with Crippen molar-refractivity contribution in [1.29, 1.82) is 0 Å². The fourth-order valence-electron chi connectivity index (χ4n) is 3.94. The Hall–Kier alpha value is -1.64. The van der Waals surface area contributed by atoms with Crippen LogP contribution >= 0.6 is 11.8 Å². The summed E-state index contributed by atoms with van der Waals surface area (Å²) < 4.78 is 12.1. The van der Waals surface area contributed by atoms with Gasteiger partial charge in [-0.25, -0.2) is 0 Å². The monoisotopic (exact) mass is 507 g/mol. The number of likely N-dealkylation sites (tertiary alicyclic amines) is 1. The molecule has 1 heterocycles. The summed E-state index contributed by atoms with van der Waals surface area (Å²) >= 11 is 1.57. The molecule has 6 nitrogen and oxygen atoms in total. The minimum Gasteiger partial charge on any atom is -0.459 e. The third kappa shape index (κ3) is 7.18. The van der Waals surface area contributed by atoms with Gasteiger partial charge in [0.1, 0.15) is 18.4 Å². The lowest BCUT2D eigenvalue weighted by Gasteiger charge is -2.53. The van der Waals surface area contributed by atoms with Gasteiger partial charge in [-0.1, -0.05) is 39.0 Å². The summed E-state index contributed by atoms with van der Waals surface area (Å²) in [4.78, 5) is 40.2. The maximum atomic E-state index is 13.4. The first-order valence-corrected chi connectivity index (χ1v) is 15.7. The Bertz CT molecular complexity index is 862. The molecule has 0 aliphatic carbocycles. The standard InChI is InChI=1S/C26H41NO5SSi/c1-18(32-34(8,9)26(5,6)7)22-23(20(15-16-28)33-19-13-11-10-12-14-19)27(24(22)30)17-21(29)31-25(2,3)4/h10-14,16,18,20,22-23H,15,17H2,1-9H3/t18-,20-,22-,23-/m1/s1. The van der Waals surface area contributed by atoms with E-state index in [9.17, 15) is 14.4 Å². The van der Waals surface area contributed by atoms with Crippen molar-refractivity contribution in [2.75, 3.05) is 6.54 Å². The second-order valence-electron chi connectivity index (χ2n) is 11.5. The van der Waals surface area contributed by atoms with E-state index in [0.717, 1.165) is 11.2 Å². The SMILES string of the molecule is C[C@@H](O[Si](C)(C)C(C)(C)C)[C@H]1C(=O)N(CC(=O)OC(C)(C)C)[C@@H]1[C@@H](CC=O)Sc1ccccc1. The van der Waals surface area contributed by atoms with E-state index in [2.05, 4.69) is 33.9 Å². The van der Waals surface area contributed by atoms with E-state index in [1.165, 1.54) is 0 Å². The maximum absolute atomic E-state index is 13.4. The van der Waals surface area contributed by atoms with Crippen LogP contribution in [0.15, 0.2) is 35.2 Å². The maximum Gasteiger partial charge on any atom is 0.326 e. The van der Waals surface area contributed by atoms with Crippen LogP contribution < -0.4 is 0 Å². The highest BCUT2D eigenvalue weighted by Gasteiger charge is 2.55.